The van der Waals surface area contributed by atoms with E-state index >= 15 is 0 Å². The molecule has 3 nitrogen and oxygen atoms in total. The fourth-order valence-corrected chi connectivity index (χ4v) is 2.79. The van der Waals surface area contributed by atoms with Crippen molar-refractivity contribution in [1.82, 2.24) is 5.32 Å². The number of carbonyl (C=O) groups is 1. The van der Waals surface area contributed by atoms with Crippen LogP contribution in [0.4, 0.5) is 4.39 Å². The Labute approximate surface area is 121 Å². The molecule has 106 valence electrons. The van der Waals surface area contributed by atoms with Crippen LogP contribution in [0.5, 0.6) is 0 Å². The maximum Gasteiger partial charge on any atom is 0.345 e. The van der Waals surface area contributed by atoms with Gasteiger partial charge in [-0.05, 0) is 49.2 Å². The molecule has 0 aliphatic rings. The molecule has 2 N–H and O–H groups in total. The molecule has 1 aromatic heterocycles. The summed E-state index contributed by atoms with van der Waals surface area (Å²) in [6, 6.07) is 8.17. The van der Waals surface area contributed by atoms with E-state index in [1.165, 1.54) is 23.5 Å². The van der Waals surface area contributed by atoms with Gasteiger partial charge in [0.1, 0.15) is 10.7 Å². The van der Waals surface area contributed by atoms with Gasteiger partial charge in [-0.2, -0.15) is 0 Å². The number of aryl methyl sites for hydroxylation is 1. The van der Waals surface area contributed by atoms with Gasteiger partial charge in [-0.1, -0.05) is 12.1 Å². The number of hydrogen-bond donors (Lipinski definition) is 2. The number of nitrogens with one attached hydrogen (secondary N) is 1. The lowest BCUT2D eigenvalue weighted by Crippen LogP contribution is -2.16. The predicted molar refractivity (Wildman–Crippen MR) is 77.8 cm³/mol. The maximum atomic E-state index is 12.7. The highest BCUT2D eigenvalue weighted by atomic mass is 32.1. The van der Waals surface area contributed by atoms with Crippen molar-refractivity contribution < 1.29 is 14.3 Å². The Morgan fingerprint density at radius 1 is 1.35 bits per heavy atom. The maximum absolute atomic E-state index is 12.7. The molecular formula is C15H16FNO2S. The van der Waals surface area contributed by atoms with Crippen LogP contribution in [-0.2, 0) is 13.0 Å². The Morgan fingerprint density at radius 2 is 2.05 bits per heavy atom. The van der Waals surface area contributed by atoms with Crippen molar-refractivity contribution in [3.05, 3.63) is 57.0 Å². The van der Waals surface area contributed by atoms with Crippen LogP contribution in [-0.4, -0.2) is 17.6 Å². The summed E-state index contributed by atoms with van der Waals surface area (Å²) in [6.45, 7) is 3.34. The Bertz CT molecular complexity index is 592. The van der Waals surface area contributed by atoms with Crippen molar-refractivity contribution in [2.24, 2.45) is 0 Å². The largest absolute Gasteiger partial charge is 0.477 e. The first kappa shape index (κ1) is 14.7. The lowest BCUT2D eigenvalue weighted by atomic mass is 10.1. The topological polar surface area (TPSA) is 49.3 Å². The molecule has 0 atom stereocenters. The first-order chi connectivity index (χ1) is 9.56. The van der Waals surface area contributed by atoms with E-state index in [-0.39, 0.29) is 5.82 Å². The van der Waals surface area contributed by atoms with Crippen LogP contribution in [0, 0.1) is 12.7 Å². The van der Waals surface area contributed by atoms with Crippen molar-refractivity contribution in [3.8, 4) is 0 Å². The zero-order chi connectivity index (χ0) is 14.5. The Hall–Kier alpha value is -1.72. The average Bonchev–Trinajstić information content (AvgIpc) is 2.79. The third kappa shape index (κ3) is 3.88. The third-order valence-electron chi connectivity index (χ3n) is 3.05. The second kappa shape index (κ2) is 6.63. The van der Waals surface area contributed by atoms with Gasteiger partial charge in [0.15, 0.2) is 0 Å². The molecule has 1 aromatic carbocycles. The van der Waals surface area contributed by atoms with Gasteiger partial charge in [-0.25, -0.2) is 9.18 Å². The number of carboxylic acids is 1. The van der Waals surface area contributed by atoms with Gasteiger partial charge >= 0.3 is 5.97 Å². The summed E-state index contributed by atoms with van der Waals surface area (Å²) < 4.78 is 12.7. The number of rotatable bonds is 6. The highest BCUT2D eigenvalue weighted by Gasteiger charge is 2.10. The Morgan fingerprint density at radius 3 is 2.65 bits per heavy atom. The molecular weight excluding hydrogens is 277 g/mol. The fraction of sp³-hybridized carbons (Fsp3) is 0.267. The van der Waals surface area contributed by atoms with Crippen LogP contribution < -0.4 is 5.32 Å². The monoisotopic (exact) mass is 293 g/mol. The molecule has 0 radical (unpaired) electrons. The SMILES string of the molecule is Cc1sc(C(=O)O)cc1CNCCc1ccc(F)cc1. The normalized spacial score (nSPS) is 10.7. The second-order valence-electron chi connectivity index (χ2n) is 4.55. The van der Waals surface area contributed by atoms with E-state index in [2.05, 4.69) is 5.32 Å². The highest BCUT2D eigenvalue weighted by Crippen LogP contribution is 2.21. The molecule has 2 rings (SSSR count). The summed E-state index contributed by atoms with van der Waals surface area (Å²) in [4.78, 5) is 12.3. The number of benzene rings is 1. The van der Waals surface area contributed by atoms with Gasteiger partial charge in [0.25, 0.3) is 0 Å². The van der Waals surface area contributed by atoms with Crippen LogP contribution in [0.3, 0.4) is 0 Å². The van der Waals surface area contributed by atoms with Gasteiger partial charge in [0.2, 0.25) is 0 Å². The van der Waals surface area contributed by atoms with E-state index in [0.29, 0.717) is 11.4 Å². The quantitative estimate of drug-likeness (QED) is 0.804. The van der Waals surface area contributed by atoms with E-state index < -0.39 is 5.97 Å². The van der Waals surface area contributed by atoms with Crippen molar-refractivity contribution >= 4 is 17.3 Å². The minimum atomic E-state index is -0.879. The molecule has 5 heteroatoms. The summed E-state index contributed by atoms with van der Waals surface area (Å²) in [7, 11) is 0. The third-order valence-corrected chi connectivity index (χ3v) is 4.13. The van der Waals surface area contributed by atoms with Crippen LogP contribution in [0.2, 0.25) is 0 Å². The number of hydrogen-bond acceptors (Lipinski definition) is 3. The van der Waals surface area contributed by atoms with Crippen LogP contribution >= 0.6 is 11.3 Å². The molecule has 0 fully saturated rings. The zero-order valence-corrected chi connectivity index (χ0v) is 12.0. The standard InChI is InChI=1S/C15H16FNO2S/c1-10-12(8-14(20-10)15(18)19)9-17-7-6-11-2-4-13(16)5-3-11/h2-5,8,17H,6-7,9H2,1H3,(H,18,19). The number of thiophene rings is 1. The van der Waals surface area contributed by atoms with E-state index in [4.69, 9.17) is 5.11 Å². The molecule has 0 spiro atoms. The van der Waals surface area contributed by atoms with Gasteiger partial charge in [-0.15, -0.1) is 11.3 Å². The minimum absolute atomic E-state index is 0.225. The molecule has 0 aliphatic carbocycles. The molecule has 20 heavy (non-hydrogen) atoms. The van der Waals surface area contributed by atoms with Gasteiger partial charge < -0.3 is 10.4 Å². The van der Waals surface area contributed by atoms with E-state index in [9.17, 15) is 9.18 Å². The van der Waals surface area contributed by atoms with Crippen molar-refractivity contribution in [1.29, 1.82) is 0 Å². The first-order valence-corrected chi connectivity index (χ1v) is 7.15. The van der Waals surface area contributed by atoms with E-state index in [1.807, 2.05) is 6.92 Å². The first-order valence-electron chi connectivity index (χ1n) is 6.34. The van der Waals surface area contributed by atoms with Gasteiger partial charge in [0, 0.05) is 11.4 Å². The molecule has 0 saturated carbocycles. The molecule has 0 amide bonds. The Kier molecular flexibility index (Phi) is 4.87. The van der Waals surface area contributed by atoms with Crippen molar-refractivity contribution in [3.63, 3.8) is 0 Å². The van der Waals surface area contributed by atoms with Crippen LogP contribution in [0.15, 0.2) is 30.3 Å². The fourth-order valence-electron chi connectivity index (χ4n) is 1.91. The molecule has 0 bridgehead atoms. The summed E-state index contributed by atoms with van der Waals surface area (Å²) >= 11 is 1.30. The van der Waals surface area contributed by atoms with Crippen LogP contribution in [0.1, 0.15) is 25.7 Å². The lowest BCUT2D eigenvalue weighted by molar-refractivity contribution is 0.0702. The number of halogens is 1. The van der Waals surface area contributed by atoms with Crippen molar-refractivity contribution in [2.75, 3.05) is 6.54 Å². The summed E-state index contributed by atoms with van der Waals surface area (Å²) in [5.74, 6) is -1.10. The van der Waals surface area contributed by atoms with Crippen LogP contribution in [0.25, 0.3) is 0 Å². The zero-order valence-electron chi connectivity index (χ0n) is 11.1. The molecule has 0 unspecified atom stereocenters. The van der Waals surface area contributed by atoms with Gasteiger partial charge in [-0.3, -0.25) is 0 Å². The van der Waals surface area contributed by atoms with E-state index in [1.54, 1.807) is 18.2 Å². The Balaban J connectivity index is 1.81. The smallest absolute Gasteiger partial charge is 0.345 e. The van der Waals surface area contributed by atoms with Gasteiger partial charge in [0.05, 0.1) is 0 Å². The lowest BCUT2D eigenvalue weighted by Gasteiger charge is -2.04. The number of carboxylic acid groups (broad SMARTS) is 1. The molecule has 1 heterocycles. The summed E-state index contributed by atoms with van der Waals surface area (Å²) in [6.07, 6.45) is 0.815. The molecule has 2 aromatic rings. The van der Waals surface area contributed by atoms with Crippen molar-refractivity contribution in [2.45, 2.75) is 19.9 Å². The summed E-state index contributed by atoms with van der Waals surface area (Å²) in [5, 5.41) is 12.2. The predicted octanol–water partition coefficient (Wildman–Crippen LogP) is 3.23. The number of aromatic carboxylic acids is 1. The van der Waals surface area contributed by atoms with E-state index in [0.717, 1.165) is 29.0 Å². The second-order valence-corrected chi connectivity index (χ2v) is 5.81. The molecule has 0 aliphatic heterocycles. The average molecular weight is 293 g/mol. The minimum Gasteiger partial charge on any atom is -0.477 e. The molecule has 0 saturated heterocycles. The highest BCUT2D eigenvalue weighted by molar-refractivity contribution is 7.14. The summed E-state index contributed by atoms with van der Waals surface area (Å²) in [5.41, 5.74) is 2.10.